The van der Waals surface area contributed by atoms with E-state index in [1.807, 2.05) is 29.3 Å². The van der Waals surface area contributed by atoms with Gasteiger partial charge in [-0.1, -0.05) is 18.9 Å². The Labute approximate surface area is 118 Å². The fourth-order valence-corrected chi connectivity index (χ4v) is 2.86. The molecule has 0 spiro atoms. The van der Waals surface area contributed by atoms with Crippen LogP contribution < -0.4 is 11.1 Å². The molecule has 1 aromatic rings. The molecule has 0 aliphatic carbocycles. The Hall–Kier alpha value is -0.520. The van der Waals surface area contributed by atoms with Crippen molar-refractivity contribution >= 4 is 29.0 Å². The summed E-state index contributed by atoms with van der Waals surface area (Å²) in [6.45, 7) is 0.733. The number of amides is 1. The summed E-state index contributed by atoms with van der Waals surface area (Å²) in [7, 11) is 0. The number of carbonyl (C=O) groups is 1. The zero-order chi connectivity index (χ0) is 13.2. The molecule has 0 fully saturated rings. The highest BCUT2D eigenvalue weighted by Gasteiger charge is 2.15. The molecule has 0 saturated carbocycles. The normalized spacial score (nSPS) is 12.3. The molecule has 0 radical (unpaired) electrons. The van der Waals surface area contributed by atoms with Gasteiger partial charge >= 0.3 is 0 Å². The standard InChI is InChI=1S/C13H22N2OS2/c1-17-9-5-3-2-4-8-15-13(16)12(14)11-7-6-10-18-11/h6-7,10,12H,2-5,8-9,14H2,1H3,(H,15,16). The number of hydrogen-bond donors (Lipinski definition) is 2. The highest BCUT2D eigenvalue weighted by Crippen LogP contribution is 2.16. The smallest absolute Gasteiger partial charge is 0.242 e. The van der Waals surface area contributed by atoms with Crippen LogP contribution in [0.15, 0.2) is 17.5 Å². The Kier molecular flexibility index (Phi) is 8.13. The summed E-state index contributed by atoms with van der Waals surface area (Å²) in [6.07, 6.45) is 6.86. The molecule has 0 aliphatic heterocycles. The van der Waals surface area contributed by atoms with Gasteiger partial charge in [0.2, 0.25) is 5.91 Å². The number of hydrogen-bond acceptors (Lipinski definition) is 4. The molecule has 1 unspecified atom stereocenters. The Morgan fingerprint density at radius 2 is 2.22 bits per heavy atom. The van der Waals surface area contributed by atoms with Crippen LogP contribution in [0.1, 0.15) is 36.6 Å². The van der Waals surface area contributed by atoms with E-state index < -0.39 is 6.04 Å². The molecule has 1 amide bonds. The molecular formula is C13H22N2OS2. The fraction of sp³-hybridized carbons (Fsp3) is 0.615. The maximum absolute atomic E-state index is 11.7. The van der Waals surface area contributed by atoms with Gasteiger partial charge in [0.1, 0.15) is 6.04 Å². The van der Waals surface area contributed by atoms with Crippen molar-refractivity contribution in [2.24, 2.45) is 5.73 Å². The average molecular weight is 286 g/mol. The lowest BCUT2D eigenvalue weighted by Crippen LogP contribution is -2.34. The van der Waals surface area contributed by atoms with E-state index >= 15 is 0 Å². The van der Waals surface area contributed by atoms with E-state index in [2.05, 4.69) is 11.6 Å². The van der Waals surface area contributed by atoms with Crippen molar-refractivity contribution in [3.8, 4) is 0 Å². The first-order valence-electron chi connectivity index (χ1n) is 6.31. The van der Waals surface area contributed by atoms with Crippen molar-refractivity contribution < 1.29 is 4.79 Å². The van der Waals surface area contributed by atoms with Crippen LogP contribution >= 0.6 is 23.1 Å². The molecule has 0 aromatic carbocycles. The number of thiophene rings is 1. The molecule has 1 heterocycles. The van der Waals surface area contributed by atoms with Crippen LogP contribution in [-0.2, 0) is 4.79 Å². The Morgan fingerprint density at radius 3 is 2.89 bits per heavy atom. The zero-order valence-corrected chi connectivity index (χ0v) is 12.5. The first-order chi connectivity index (χ1) is 8.75. The summed E-state index contributed by atoms with van der Waals surface area (Å²) < 4.78 is 0. The largest absolute Gasteiger partial charge is 0.354 e. The van der Waals surface area contributed by atoms with Gasteiger partial charge in [-0.15, -0.1) is 11.3 Å². The molecule has 3 nitrogen and oxygen atoms in total. The summed E-state index contributed by atoms with van der Waals surface area (Å²) in [6, 6.07) is 3.30. The monoisotopic (exact) mass is 286 g/mol. The summed E-state index contributed by atoms with van der Waals surface area (Å²) in [5.41, 5.74) is 5.86. The van der Waals surface area contributed by atoms with Gasteiger partial charge < -0.3 is 11.1 Å². The first kappa shape index (κ1) is 15.5. The molecular weight excluding hydrogens is 264 g/mol. The molecule has 0 saturated heterocycles. The van der Waals surface area contributed by atoms with Gasteiger partial charge in [0.25, 0.3) is 0 Å². The number of unbranched alkanes of at least 4 members (excludes halogenated alkanes) is 3. The topological polar surface area (TPSA) is 55.1 Å². The van der Waals surface area contributed by atoms with Crippen LogP contribution in [0.25, 0.3) is 0 Å². The predicted octanol–water partition coefficient (Wildman–Crippen LogP) is 2.79. The Morgan fingerprint density at radius 1 is 1.44 bits per heavy atom. The van der Waals surface area contributed by atoms with E-state index in [9.17, 15) is 4.79 Å². The molecule has 1 aromatic heterocycles. The van der Waals surface area contributed by atoms with Gasteiger partial charge in [0.05, 0.1) is 0 Å². The zero-order valence-electron chi connectivity index (χ0n) is 10.9. The lowest BCUT2D eigenvalue weighted by molar-refractivity contribution is -0.122. The quantitative estimate of drug-likeness (QED) is 0.686. The number of nitrogens with two attached hydrogens (primary N) is 1. The van der Waals surface area contributed by atoms with E-state index in [1.165, 1.54) is 36.4 Å². The molecule has 3 N–H and O–H groups in total. The van der Waals surface area contributed by atoms with Crippen LogP contribution in [0.5, 0.6) is 0 Å². The minimum atomic E-state index is -0.513. The summed E-state index contributed by atoms with van der Waals surface area (Å²) in [5.74, 6) is 1.16. The van der Waals surface area contributed by atoms with E-state index in [4.69, 9.17) is 5.73 Å². The molecule has 1 rings (SSSR count). The van der Waals surface area contributed by atoms with E-state index in [0.29, 0.717) is 0 Å². The average Bonchev–Trinajstić information content (AvgIpc) is 2.90. The van der Waals surface area contributed by atoms with Crippen LogP contribution in [0.4, 0.5) is 0 Å². The Bertz CT molecular complexity index is 328. The SMILES string of the molecule is CSCCCCCCNC(=O)C(N)c1cccs1. The van der Waals surface area contributed by atoms with Crippen LogP contribution in [0.3, 0.4) is 0 Å². The third-order valence-electron chi connectivity index (χ3n) is 2.71. The predicted molar refractivity (Wildman–Crippen MR) is 81.1 cm³/mol. The maximum Gasteiger partial charge on any atom is 0.242 e. The van der Waals surface area contributed by atoms with E-state index in [0.717, 1.165) is 17.8 Å². The third kappa shape index (κ3) is 5.89. The van der Waals surface area contributed by atoms with E-state index in [1.54, 1.807) is 0 Å². The molecule has 0 bridgehead atoms. The second-order valence-electron chi connectivity index (χ2n) is 4.19. The summed E-state index contributed by atoms with van der Waals surface area (Å²) >= 11 is 3.41. The van der Waals surface area contributed by atoms with Gasteiger partial charge in [0.15, 0.2) is 0 Å². The molecule has 0 aliphatic rings. The van der Waals surface area contributed by atoms with Crippen molar-refractivity contribution in [1.82, 2.24) is 5.32 Å². The minimum absolute atomic E-state index is 0.0680. The summed E-state index contributed by atoms with van der Waals surface area (Å²) in [5, 5.41) is 4.84. The Balaban J connectivity index is 2.07. The second kappa shape index (κ2) is 9.42. The lowest BCUT2D eigenvalue weighted by atomic mass is 10.2. The van der Waals surface area contributed by atoms with Crippen LogP contribution in [-0.4, -0.2) is 24.5 Å². The van der Waals surface area contributed by atoms with Gasteiger partial charge in [-0.25, -0.2) is 0 Å². The highest BCUT2D eigenvalue weighted by atomic mass is 32.2. The third-order valence-corrected chi connectivity index (χ3v) is 4.36. The molecule has 1 atom stereocenters. The minimum Gasteiger partial charge on any atom is -0.354 e. The first-order valence-corrected chi connectivity index (χ1v) is 8.58. The van der Waals surface area contributed by atoms with Crippen LogP contribution in [0, 0.1) is 0 Å². The highest BCUT2D eigenvalue weighted by molar-refractivity contribution is 7.98. The van der Waals surface area contributed by atoms with Gasteiger partial charge in [-0.2, -0.15) is 11.8 Å². The molecule has 5 heteroatoms. The van der Waals surface area contributed by atoms with Crippen LogP contribution in [0.2, 0.25) is 0 Å². The van der Waals surface area contributed by atoms with Crippen molar-refractivity contribution in [1.29, 1.82) is 0 Å². The maximum atomic E-state index is 11.7. The number of carbonyl (C=O) groups excluding carboxylic acids is 1. The number of nitrogens with one attached hydrogen (secondary N) is 1. The van der Waals surface area contributed by atoms with Crippen molar-refractivity contribution in [3.05, 3.63) is 22.4 Å². The van der Waals surface area contributed by atoms with Gasteiger partial charge in [-0.3, -0.25) is 4.79 Å². The van der Waals surface area contributed by atoms with Gasteiger partial charge in [-0.05, 0) is 36.3 Å². The van der Waals surface area contributed by atoms with Gasteiger partial charge in [0, 0.05) is 11.4 Å². The number of thioether (sulfide) groups is 1. The van der Waals surface area contributed by atoms with Crippen molar-refractivity contribution in [3.63, 3.8) is 0 Å². The second-order valence-corrected chi connectivity index (χ2v) is 6.16. The van der Waals surface area contributed by atoms with E-state index in [-0.39, 0.29) is 5.91 Å². The van der Waals surface area contributed by atoms with Crippen molar-refractivity contribution in [2.45, 2.75) is 31.7 Å². The number of rotatable bonds is 9. The lowest BCUT2D eigenvalue weighted by Gasteiger charge is -2.10. The molecule has 102 valence electrons. The molecule has 18 heavy (non-hydrogen) atoms. The van der Waals surface area contributed by atoms with Crippen molar-refractivity contribution in [2.75, 3.05) is 18.6 Å². The summed E-state index contributed by atoms with van der Waals surface area (Å²) in [4.78, 5) is 12.7. The fourth-order valence-electron chi connectivity index (χ4n) is 1.64.